The van der Waals surface area contributed by atoms with Crippen LogP contribution in [0.5, 0.6) is 0 Å². The van der Waals surface area contributed by atoms with Crippen molar-refractivity contribution < 1.29 is 37.3 Å². The first kappa shape index (κ1) is 75.9. The number of hydrogen-bond donors (Lipinski definition) is 2. The molecular weight excluding hydrogens is 1000 g/mol. The van der Waals surface area contributed by atoms with Crippen molar-refractivity contribution in [2.75, 3.05) is 40.9 Å². The molecule has 0 aromatic carbocycles. The van der Waals surface area contributed by atoms with Crippen LogP contribution in [0.2, 0.25) is 0 Å². The Morgan fingerprint density at radius 1 is 0.456 bits per heavy atom. The lowest BCUT2D eigenvalue weighted by atomic mass is 10.0. The number of nitrogens with one attached hydrogen (secondary N) is 1. The molecule has 0 bridgehead atoms. The average molecular weight is 1120 g/mol. The van der Waals surface area contributed by atoms with Gasteiger partial charge in [0.15, 0.2) is 0 Å². The number of phosphoric acid groups is 1. The number of allylic oxidation sites excluding steroid dienone is 15. The van der Waals surface area contributed by atoms with Gasteiger partial charge in [0.2, 0.25) is 5.91 Å². The third-order valence-electron chi connectivity index (χ3n) is 14.0. The number of likely N-dealkylation sites (N-methyl/N-ethyl adjacent to an activating group) is 1. The van der Waals surface area contributed by atoms with Crippen LogP contribution in [-0.4, -0.2) is 74.3 Å². The molecule has 9 nitrogen and oxygen atoms in total. The molecular formula is C69H124N2O7P+. The van der Waals surface area contributed by atoms with Gasteiger partial charge in [0.1, 0.15) is 19.3 Å². The van der Waals surface area contributed by atoms with Gasteiger partial charge in [0.05, 0.1) is 33.8 Å². The van der Waals surface area contributed by atoms with Gasteiger partial charge in [-0.3, -0.25) is 18.6 Å². The third kappa shape index (κ3) is 59.4. The molecule has 0 rings (SSSR count). The van der Waals surface area contributed by atoms with Gasteiger partial charge >= 0.3 is 13.8 Å². The Kier molecular flexibility index (Phi) is 55.9. The molecule has 0 aliphatic heterocycles. The fourth-order valence-electron chi connectivity index (χ4n) is 9.00. The monoisotopic (exact) mass is 1120 g/mol. The van der Waals surface area contributed by atoms with Gasteiger partial charge in [-0.1, -0.05) is 253 Å². The molecule has 1 amide bonds. The molecule has 0 spiro atoms. The maximum atomic E-state index is 13.6. The van der Waals surface area contributed by atoms with Crippen molar-refractivity contribution in [1.29, 1.82) is 0 Å². The van der Waals surface area contributed by atoms with Crippen LogP contribution >= 0.6 is 7.82 Å². The van der Waals surface area contributed by atoms with Crippen molar-refractivity contribution in [1.82, 2.24) is 5.32 Å². The number of amides is 1. The standard InChI is InChI=1S/C69H123N2O7P/c1-7-10-13-16-19-22-25-28-30-32-34-35-37-38-40-43-46-49-52-55-58-61-68(72)70-66(65-77-79(74,75)76-64-63-71(4,5)6)67(60-57-54-51-48-45-42-27-24-21-18-15-12-9-3)78-69(73)62-59-56-53-50-47-44-41-39-36-33-31-29-26-23-20-17-14-11-8-2/h10,13,19-20,22-23,28-31,34-35,38,40,57,60,66-67H,7-9,11-12,14-18,21,24-27,32-33,36-37,39,41-56,58-59,61-65H2,1-6H3,(H-,70,72,74,75)/p+1/b13-10-,22-19-,23-20-,30-28-,31-29-,35-34-,40-38-,60-57+. The molecule has 3 unspecified atom stereocenters. The zero-order valence-corrected chi connectivity index (χ0v) is 53.0. The smallest absolute Gasteiger partial charge is 0.456 e. The second kappa shape index (κ2) is 58.1. The molecule has 3 atom stereocenters. The Morgan fingerprint density at radius 3 is 1.24 bits per heavy atom. The molecule has 0 radical (unpaired) electrons. The summed E-state index contributed by atoms with van der Waals surface area (Å²) in [6, 6.07) is -0.866. The van der Waals surface area contributed by atoms with Crippen molar-refractivity contribution in [3.05, 3.63) is 97.2 Å². The predicted molar refractivity (Wildman–Crippen MR) is 341 cm³/mol. The number of carbonyl (C=O) groups is 2. The summed E-state index contributed by atoms with van der Waals surface area (Å²) in [6.45, 7) is 6.86. The molecule has 0 fully saturated rings. The van der Waals surface area contributed by atoms with Crippen molar-refractivity contribution >= 4 is 19.7 Å². The van der Waals surface area contributed by atoms with E-state index in [1.54, 1.807) is 0 Å². The average Bonchev–Trinajstić information content (AvgIpc) is 3.41. The summed E-state index contributed by atoms with van der Waals surface area (Å²) in [5.74, 6) is -0.532. The normalized spacial score (nSPS) is 14.3. The molecule has 0 aliphatic carbocycles. The van der Waals surface area contributed by atoms with Gasteiger partial charge in [-0.15, -0.1) is 0 Å². The molecule has 0 saturated heterocycles. The van der Waals surface area contributed by atoms with E-state index in [9.17, 15) is 19.0 Å². The highest BCUT2D eigenvalue weighted by Crippen LogP contribution is 2.43. The first-order chi connectivity index (χ1) is 38.4. The van der Waals surface area contributed by atoms with Gasteiger partial charge in [-0.05, 0) is 109 Å². The van der Waals surface area contributed by atoms with E-state index in [0.29, 0.717) is 17.4 Å². The summed E-state index contributed by atoms with van der Waals surface area (Å²) in [5.41, 5.74) is 0. The fraction of sp³-hybridized carbons (Fsp3) is 0.739. The van der Waals surface area contributed by atoms with Crippen molar-refractivity contribution in [3.63, 3.8) is 0 Å². The molecule has 0 heterocycles. The van der Waals surface area contributed by atoms with E-state index in [2.05, 4.69) is 111 Å². The zero-order chi connectivity index (χ0) is 57.9. The number of nitrogens with zero attached hydrogens (tertiary/aromatic N) is 1. The van der Waals surface area contributed by atoms with E-state index in [4.69, 9.17) is 13.8 Å². The molecule has 0 aromatic heterocycles. The van der Waals surface area contributed by atoms with E-state index in [-0.39, 0.29) is 31.5 Å². The minimum atomic E-state index is -4.46. The van der Waals surface area contributed by atoms with E-state index >= 15 is 0 Å². The quantitative estimate of drug-likeness (QED) is 0.0205. The number of hydrogen-bond acceptors (Lipinski definition) is 6. The van der Waals surface area contributed by atoms with E-state index in [0.717, 1.165) is 122 Å². The SMILES string of the molecule is CC/C=C\C/C=C\C/C=C\C/C=C\C/C=C\CCCCCCCC(=O)NC(COP(=O)(O)OCC[N+](C)(C)C)C(/C=C/CCCCCCCCCCCCC)OC(=O)CCCCCCCCCCC/C=C\C/C=C\CCCCC. The minimum absolute atomic E-state index is 0.0312. The Bertz CT molecular complexity index is 1670. The van der Waals surface area contributed by atoms with Crippen LogP contribution in [0.25, 0.3) is 0 Å². The molecule has 10 heteroatoms. The van der Waals surface area contributed by atoms with E-state index in [1.165, 1.54) is 122 Å². The minimum Gasteiger partial charge on any atom is -0.456 e. The van der Waals surface area contributed by atoms with Gasteiger partial charge in [-0.2, -0.15) is 0 Å². The van der Waals surface area contributed by atoms with Crippen LogP contribution < -0.4 is 5.32 Å². The highest BCUT2D eigenvalue weighted by Gasteiger charge is 2.30. The maximum Gasteiger partial charge on any atom is 0.472 e. The first-order valence-electron chi connectivity index (χ1n) is 32.6. The largest absolute Gasteiger partial charge is 0.472 e. The van der Waals surface area contributed by atoms with Gasteiger partial charge < -0.3 is 19.4 Å². The summed E-state index contributed by atoms with van der Waals surface area (Å²) in [5, 5.41) is 3.05. The van der Waals surface area contributed by atoms with Crippen molar-refractivity contribution in [2.45, 2.75) is 290 Å². The first-order valence-corrected chi connectivity index (χ1v) is 34.1. The second-order valence-electron chi connectivity index (χ2n) is 22.9. The summed E-state index contributed by atoms with van der Waals surface area (Å²) in [7, 11) is 1.47. The Labute approximate surface area is 488 Å². The number of carbonyl (C=O) groups excluding carboxylic acids is 2. The number of quaternary nitrogens is 1. The van der Waals surface area contributed by atoms with Crippen molar-refractivity contribution in [2.24, 2.45) is 0 Å². The molecule has 2 N–H and O–H groups in total. The van der Waals surface area contributed by atoms with Crippen LogP contribution in [0, 0.1) is 0 Å². The molecule has 456 valence electrons. The predicted octanol–water partition coefficient (Wildman–Crippen LogP) is 20.3. The molecule has 79 heavy (non-hydrogen) atoms. The third-order valence-corrected chi connectivity index (χ3v) is 15.0. The van der Waals surface area contributed by atoms with Crippen LogP contribution in [0.4, 0.5) is 0 Å². The molecule has 0 aromatic rings. The van der Waals surface area contributed by atoms with Gasteiger partial charge in [0.25, 0.3) is 0 Å². The van der Waals surface area contributed by atoms with Crippen LogP contribution in [-0.2, 0) is 27.9 Å². The summed E-state index contributed by atoms with van der Waals surface area (Å²) in [6.07, 6.45) is 78.3. The zero-order valence-electron chi connectivity index (χ0n) is 52.1. The highest BCUT2D eigenvalue weighted by atomic mass is 31.2. The fourth-order valence-corrected chi connectivity index (χ4v) is 9.73. The topological polar surface area (TPSA) is 111 Å². The molecule has 0 aliphatic rings. The second-order valence-corrected chi connectivity index (χ2v) is 24.4. The number of phosphoric ester groups is 1. The van der Waals surface area contributed by atoms with Crippen LogP contribution in [0.15, 0.2) is 97.2 Å². The van der Waals surface area contributed by atoms with Crippen molar-refractivity contribution in [3.8, 4) is 0 Å². The summed E-state index contributed by atoms with van der Waals surface area (Å²) in [4.78, 5) is 37.8. The maximum absolute atomic E-state index is 13.6. The van der Waals surface area contributed by atoms with Gasteiger partial charge in [-0.25, -0.2) is 4.57 Å². The Balaban J connectivity index is 5.29. The Morgan fingerprint density at radius 2 is 0.810 bits per heavy atom. The number of ether oxygens (including phenoxy) is 1. The number of rotatable bonds is 58. The lowest BCUT2D eigenvalue weighted by Gasteiger charge is -2.27. The Hall–Kier alpha value is -3.07. The summed E-state index contributed by atoms with van der Waals surface area (Å²) < 4.78 is 30.7. The lowest BCUT2D eigenvalue weighted by Crippen LogP contribution is -2.47. The van der Waals surface area contributed by atoms with E-state index < -0.39 is 20.0 Å². The van der Waals surface area contributed by atoms with Crippen LogP contribution in [0.1, 0.15) is 278 Å². The van der Waals surface area contributed by atoms with Gasteiger partial charge in [0, 0.05) is 12.8 Å². The lowest BCUT2D eigenvalue weighted by molar-refractivity contribution is -0.870. The number of esters is 1. The molecule has 0 saturated carbocycles. The highest BCUT2D eigenvalue weighted by molar-refractivity contribution is 7.47. The summed E-state index contributed by atoms with van der Waals surface area (Å²) >= 11 is 0. The number of unbranched alkanes of at least 4 members (excludes halogenated alkanes) is 28. The van der Waals surface area contributed by atoms with Crippen LogP contribution in [0.3, 0.4) is 0 Å². The van der Waals surface area contributed by atoms with E-state index in [1.807, 2.05) is 33.3 Å².